The summed E-state index contributed by atoms with van der Waals surface area (Å²) in [4.78, 5) is 28.0. The van der Waals surface area contributed by atoms with E-state index in [9.17, 15) is 14.0 Å². The highest BCUT2D eigenvalue weighted by atomic mass is 19.1. The van der Waals surface area contributed by atoms with Crippen LogP contribution in [0.5, 0.6) is 0 Å². The number of rotatable bonds is 7. The van der Waals surface area contributed by atoms with Crippen molar-refractivity contribution in [2.45, 2.75) is 45.7 Å². The molecule has 132 valence electrons. The van der Waals surface area contributed by atoms with Crippen LogP contribution in [0.1, 0.15) is 39.2 Å². The molecule has 5 nitrogen and oxygen atoms in total. The van der Waals surface area contributed by atoms with Crippen molar-refractivity contribution >= 4 is 11.9 Å². The second-order valence-corrected chi connectivity index (χ2v) is 7.21. The van der Waals surface area contributed by atoms with Crippen molar-refractivity contribution in [1.82, 2.24) is 15.1 Å². The maximum absolute atomic E-state index is 12.9. The van der Waals surface area contributed by atoms with Crippen LogP contribution in [0.25, 0.3) is 0 Å². The lowest BCUT2D eigenvalue weighted by molar-refractivity contribution is -0.132. The minimum Gasteiger partial charge on any atom is -0.323 e. The molecule has 0 aromatic heterocycles. The quantitative estimate of drug-likeness (QED) is 0.780. The van der Waals surface area contributed by atoms with Crippen LogP contribution in [-0.2, 0) is 11.3 Å². The first kappa shape index (κ1) is 18.4. The van der Waals surface area contributed by atoms with E-state index in [1.807, 2.05) is 11.9 Å². The second-order valence-electron chi connectivity index (χ2n) is 7.21. The Bertz CT molecular complexity index is 603. The second kappa shape index (κ2) is 7.30. The maximum atomic E-state index is 12.9. The van der Waals surface area contributed by atoms with Gasteiger partial charge in [-0.1, -0.05) is 26.0 Å². The summed E-state index contributed by atoms with van der Waals surface area (Å²) in [5.74, 6) is 0.0113. The van der Waals surface area contributed by atoms with Gasteiger partial charge in [0, 0.05) is 6.54 Å². The van der Waals surface area contributed by atoms with Gasteiger partial charge in [-0.05, 0) is 50.4 Å². The predicted molar refractivity (Wildman–Crippen MR) is 90.6 cm³/mol. The molecule has 3 amide bonds. The largest absolute Gasteiger partial charge is 0.326 e. The van der Waals surface area contributed by atoms with Gasteiger partial charge in [-0.15, -0.1) is 0 Å². The van der Waals surface area contributed by atoms with Crippen molar-refractivity contribution in [3.8, 4) is 0 Å². The van der Waals surface area contributed by atoms with Crippen molar-refractivity contribution in [1.29, 1.82) is 0 Å². The molecular weight excluding hydrogens is 309 g/mol. The van der Waals surface area contributed by atoms with E-state index in [2.05, 4.69) is 19.2 Å². The predicted octanol–water partition coefficient (Wildman–Crippen LogP) is 2.96. The molecule has 0 unspecified atom stereocenters. The molecule has 1 aliphatic rings. The Labute approximate surface area is 142 Å². The molecule has 0 radical (unpaired) electrons. The van der Waals surface area contributed by atoms with E-state index in [0.29, 0.717) is 18.9 Å². The first-order valence-corrected chi connectivity index (χ1v) is 8.28. The molecule has 1 fully saturated rings. The summed E-state index contributed by atoms with van der Waals surface area (Å²) in [5.41, 5.74) is 0.103. The number of benzene rings is 1. The Morgan fingerprint density at radius 2 is 1.88 bits per heavy atom. The fourth-order valence-corrected chi connectivity index (χ4v) is 2.82. The van der Waals surface area contributed by atoms with Crippen molar-refractivity contribution in [2.24, 2.45) is 5.92 Å². The van der Waals surface area contributed by atoms with Crippen LogP contribution in [0, 0.1) is 11.7 Å². The fraction of sp³-hybridized carbons (Fsp3) is 0.556. The third-order valence-corrected chi connectivity index (χ3v) is 4.32. The lowest BCUT2D eigenvalue weighted by Crippen LogP contribution is -2.45. The van der Waals surface area contributed by atoms with Crippen LogP contribution in [0.4, 0.5) is 9.18 Å². The molecule has 1 saturated heterocycles. The number of hydrogen-bond donors (Lipinski definition) is 1. The average Bonchev–Trinajstić information content (AvgIpc) is 2.72. The third-order valence-electron chi connectivity index (χ3n) is 4.32. The minimum atomic E-state index is -0.821. The fourth-order valence-electron chi connectivity index (χ4n) is 2.82. The summed E-state index contributed by atoms with van der Waals surface area (Å²) in [5, 5.41) is 2.82. The molecule has 24 heavy (non-hydrogen) atoms. The average molecular weight is 335 g/mol. The van der Waals surface area contributed by atoms with Gasteiger partial charge in [0.25, 0.3) is 5.91 Å². The summed E-state index contributed by atoms with van der Waals surface area (Å²) >= 11 is 0. The standard InChI is InChI=1S/C18H26FN3O2/c1-13(2)9-10-18(3)16(23)22(17(24)20-18)12-21(4)11-14-5-7-15(19)8-6-14/h5-8,13H,9-12H2,1-4H3,(H,20,24)/t18-/m0/s1. The van der Waals surface area contributed by atoms with Gasteiger partial charge in [0.15, 0.2) is 0 Å². The Hall–Kier alpha value is -1.95. The van der Waals surface area contributed by atoms with E-state index in [1.165, 1.54) is 17.0 Å². The number of amides is 3. The van der Waals surface area contributed by atoms with Gasteiger partial charge in [0.2, 0.25) is 0 Å². The summed E-state index contributed by atoms with van der Waals surface area (Å²) < 4.78 is 12.9. The minimum absolute atomic E-state index is 0.181. The SMILES string of the molecule is CC(C)CC[C@]1(C)NC(=O)N(CN(C)Cc2ccc(F)cc2)C1=O. The number of halogens is 1. The van der Waals surface area contributed by atoms with Crippen LogP contribution in [0.15, 0.2) is 24.3 Å². The van der Waals surface area contributed by atoms with Crippen molar-refractivity contribution < 1.29 is 14.0 Å². The number of urea groups is 1. The monoisotopic (exact) mass is 335 g/mol. The molecule has 0 spiro atoms. The van der Waals surface area contributed by atoms with Crippen molar-refractivity contribution in [3.05, 3.63) is 35.6 Å². The number of carbonyl (C=O) groups excluding carboxylic acids is 2. The van der Waals surface area contributed by atoms with E-state index in [-0.39, 0.29) is 24.4 Å². The zero-order valence-electron chi connectivity index (χ0n) is 14.8. The highest BCUT2D eigenvalue weighted by Crippen LogP contribution is 2.25. The van der Waals surface area contributed by atoms with E-state index < -0.39 is 5.54 Å². The highest BCUT2D eigenvalue weighted by molar-refractivity contribution is 6.06. The van der Waals surface area contributed by atoms with E-state index in [4.69, 9.17) is 0 Å². The van der Waals surface area contributed by atoms with E-state index in [0.717, 1.165) is 12.0 Å². The Morgan fingerprint density at radius 3 is 2.46 bits per heavy atom. The van der Waals surface area contributed by atoms with Gasteiger partial charge < -0.3 is 5.32 Å². The van der Waals surface area contributed by atoms with Crippen molar-refractivity contribution in [3.63, 3.8) is 0 Å². The zero-order valence-corrected chi connectivity index (χ0v) is 14.8. The van der Waals surface area contributed by atoms with Gasteiger partial charge in [0.05, 0.1) is 6.67 Å². The van der Waals surface area contributed by atoms with E-state index in [1.54, 1.807) is 19.1 Å². The molecule has 1 atom stereocenters. The van der Waals surface area contributed by atoms with Gasteiger partial charge in [-0.2, -0.15) is 0 Å². The molecule has 6 heteroatoms. The summed E-state index contributed by atoms with van der Waals surface area (Å²) in [6.45, 7) is 6.71. The molecule has 1 aromatic rings. The normalized spacial score (nSPS) is 21.0. The molecule has 1 heterocycles. The number of nitrogens with one attached hydrogen (secondary N) is 1. The highest BCUT2D eigenvalue weighted by Gasteiger charge is 2.47. The van der Waals surface area contributed by atoms with Gasteiger partial charge in [-0.3, -0.25) is 9.69 Å². The summed E-state index contributed by atoms with van der Waals surface area (Å²) in [7, 11) is 1.83. The first-order chi connectivity index (χ1) is 11.2. The Morgan fingerprint density at radius 1 is 1.25 bits per heavy atom. The number of imide groups is 1. The number of hydrogen-bond acceptors (Lipinski definition) is 3. The summed E-state index contributed by atoms with van der Waals surface area (Å²) in [6, 6.07) is 5.85. The zero-order chi connectivity index (χ0) is 17.9. The molecule has 0 saturated carbocycles. The maximum Gasteiger partial charge on any atom is 0.326 e. The molecule has 2 rings (SSSR count). The molecule has 0 bridgehead atoms. The molecule has 1 aliphatic heterocycles. The smallest absolute Gasteiger partial charge is 0.323 e. The molecule has 1 N–H and O–H groups in total. The summed E-state index contributed by atoms with van der Waals surface area (Å²) in [6.07, 6.45) is 1.51. The lowest BCUT2D eigenvalue weighted by Gasteiger charge is -2.25. The van der Waals surface area contributed by atoms with Crippen LogP contribution >= 0.6 is 0 Å². The lowest BCUT2D eigenvalue weighted by atomic mass is 9.92. The topological polar surface area (TPSA) is 52.7 Å². The number of nitrogens with zero attached hydrogens (tertiary/aromatic N) is 2. The van der Waals surface area contributed by atoms with Gasteiger partial charge in [-0.25, -0.2) is 14.1 Å². The van der Waals surface area contributed by atoms with Crippen LogP contribution in [-0.4, -0.2) is 41.0 Å². The van der Waals surface area contributed by atoms with Gasteiger partial charge in [0.1, 0.15) is 11.4 Å². The van der Waals surface area contributed by atoms with Crippen molar-refractivity contribution in [2.75, 3.05) is 13.7 Å². The Kier molecular flexibility index (Phi) is 5.59. The van der Waals surface area contributed by atoms with E-state index >= 15 is 0 Å². The molecular formula is C18H26FN3O2. The van der Waals surface area contributed by atoms with Crippen LogP contribution in [0.3, 0.4) is 0 Å². The van der Waals surface area contributed by atoms with Crippen LogP contribution < -0.4 is 5.32 Å². The third kappa shape index (κ3) is 4.32. The Balaban J connectivity index is 1.97. The molecule has 0 aliphatic carbocycles. The first-order valence-electron chi connectivity index (χ1n) is 8.28. The molecule has 1 aromatic carbocycles. The van der Waals surface area contributed by atoms with Crippen LogP contribution in [0.2, 0.25) is 0 Å². The van der Waals surface area contributed by atoms with Gasteiger partial charge >= 0.3 is 6.03 Å². The number of carbonyl (C=O) groups is 2.